The van der Waals surface area contributed by atoms with Gasteiger partial charge in [-0.2, -0.15) is 11.8 Å². The Labute approximate surface area is 215 Å². The molecule has 9 N–H and O–H groups in total. The second-order valence-corrected chi connectivity index (χ2v) is 9.92. The number of carboxylic acid groups (broad SMARTS) is 1. The van der Waals surface area contributed by atoms with Crippen LogP contribution in [0.25, 0.3) is 0 Å². The number of hydrogen-bond acceptors (Lipinski definition) is 10. The molecule has 1 aromatic rings. The summed E-state index contributed by atoms with van der Waals surface area (Å²) in [6.45, 7) is 2.58. The number of aliphatic carboxylic acids is 1. The Morgan fingerprint density at radius 3 is 2.00 bits per heavy atom. The van der Waals surface area contributed by atoms with Crippen molar-refractivity contribution in [1.29, 1.82) is 0 Å². The van der Waals surface area contributed by atoms with Gasteiger partial charge >= 0.3 is 5.97 Å². The van der Waals surface area contributed by atoms with E-state index in [0.717, 1.165) is 0 Å². The first kappa shape index (κ1) is 31.4. The van der Waals surface area contributed by atoms with Gasteiger partial charge < -0.3 is 28.0 Å². The molecular formula is C24H37N5O6S. The first-order valence-electron chi connectivity index (χ1n) is 11.5. The van der Waals surface area contributed by atoms with Crippen molar-refractivity contribution in [3.8, 4) is 0 Å². The number of thioether (sulfide) groups is 1. The molecule has 4 unspecified atom stereocenters. The Balaban J connectivity index is 3.76. The lowest BCUT2D eigenvalue weighted by molar-refractivity contribution is -0.175. The monoisotopic (exact) mass is 523 g/mol. The number of nitrogens with two attached hydrogens (primary N) is 4. The molecule has 0 aliphatic heterocycles. The first-order chi connectivity index (χ1) is 16.9. The second kappa shape index (κ2) is 14.2. The molecule has 0 fully saturated rings. The zero-order valence-corrected chi connectivity index (χ0v) is 21.7. The quantitative estimate of drug-likeness (QED) is 0.181. The summed E-state index contributed by atoms with van der Waals surface area (Å²) in [6, 6.07) is 4.11. The van der Waals surface area contributed by atoms with Gasteiger partial charge in [-0.1, -0.05) is 44.2 Å². The van der Waals surface area contributed by atoms with Crippen LogP contribution in [0.4, 0.5) is 0 Å². The number of nitrogens with zero attached hydrogens (tertiary/aromatic N) is 1. The van der Waals surface area contributed by atoms with E-state index in [2.05, 4.69) is 0 Å². The number of Topliss-reactive ketones (excluding diaryl/α,β-unsaturated/α-hetero) is 2. The molecule has 0 spiro atoms. The van der Waals surface area contributed by atoms with Gasteiger partial charge in [0.15, 0.2) is 11.6 Å². The van der Waals surface area contributed by atoms with Gasteiger partial charge in [0.25, 0.3) is 5.54 Å². The summed E-state index contributed by atoms with van der Waals surface area (Å²) in [6.07, 6.45) is 1.73. The average Bonchev–Trinajstić information content (AvgIpc) is 2.83. The number of hydrogen-bond donors (Lipinski definition) is 5. The van der Waals surface area contributed by atoms with Crippen LogP contribution in [-0.4, -0.2) is 81.6 Å². The summed E-state index contributed by atoms with van der Waals surface area (Å²) in [5, 5.41) is 10.3. The highest BCUT2D eigenvalue weighted by molar-refractivity contribution is 7.98. The molecule has 0 bridgehead atoms. The van der Waals surface area contributed by atoms with Gasteiger partial charge in [-0.15, -0.1) is 0 Å². The van der Waals surface area contributed by atoms with Crippen LogP contribution >= 0.6 is 11.8 Å². The van der Waals surface area contributed by atoms with Crippen molar-refractivity contribution >= 4 is 41.1 Å². The first-order valence-corrected chi connectivity index (χ1v) is 12.9. The highest BCUT2D eigenvalue weighted by atomic mass is 32.2. The summed E-state index contributed by atoms with van der Waals surface area (Å²) in [5.74, 6) is -6.92. The van der Waals surface area contributed by atoms with Gasteiger partial charge in [0.2, 0.25) is 11.8 Å². The van der Waals surface area contributed by atoms with Crippen molar-refractivity contribution in [3.63, 3.8) is 0 Å². The third-order valence-corrected chi connectivity index (χ3v) is 6.30. The fourth-order valence-electron chi connectivity index (χ4n) is 3.82. The van der Waals surface area contributed by atoms with Gasteiger partial charge in [0.05, 0.1) is 24.7 Å². The fraction of sp³-hybridized carbons (Fsp3) is 0.542. The van der Waals surface area contributed by atoms with Crippen LogP contribution in [-0.2, 0) is 30.4 Å². The molecule has 12 heteroatoms. The number of carboxylic acids is 1. The minimum absolute atomic E-state index is 0.0550. The summed E-state index contributed by atoms with van der Waals surface area (Å²) < 4.78 is 0. The number of benzene rings is 1. The van der Waals surface area contributed by atoms with Crippen LogP contribution in [0, 0.1) is 5.92 Å². The molecule has 2 amide bonds. The van der Waals surface area contributed by atoms with Crippen LogP contribution in [0.5, 0.6) is 0 Å². The van der Waals surface area contributed by atoms with Crippen LogP contribution < -0.4 is 22.9 Å². The molecule has 0 aliphatic carbocycles. The molecule has 11 nitrogen and oxygen atoms in total. The average molecular weight is 524 g/mol. The number of imide groups is 1. The molecule has 0 aliphatic rings. The van der Waals surface area contributed by atoms with Crippen LogP contribution in [0.15, 0.2) is 30.3 Å². The molecule has 0 saturated carbocycles. The Bertz CT molecular complexity index is 944. The van der Waals surface area contributed by atoms with Crippen molar-refractivity contribution in [3.05, 3.63) is 35.9 Å². The van der Waals surface area contributed by atoms with Crippen molar-refractivity contribution in [1.82, 2.24) is 4.90 Å². The van der Waals surface area contributed by atoms with Crippen molar-refractivity contribution < 1.29 is 29.1 Å². The molecule has 0 radical (unpaired) electrons. The molecular weight excluding hydrogens is 486 g/mol. The molecule has 0 aromatic heterocycles. The lowest BCUT2D eigenvalue weighted by Crippen LogP contribution is -2.75. The van der Waals surface area contributed by atoms with E-state index in [4.69, 9.17) is 22.9 Å². The van der Waals surface area contributed by atoms with E-state index >= 15 is 0 Å². The molecule has 4 atom stereocenters. The predicted octanol–water partition coefficient (Wildman–Crippen LogP) is -0.714. The fourth-order valence-corrected chi connectivity index (χ4v) is 4.31. The van der Waals surface area contributed by atoms with Gasteiger partial charge in [-0.05, 0) is 42.8 Å². The standard InChI is InChI=1S/C24H37N5O6S/c1-14(2)11-18(28)22(33)29(21(32)16(26)9-10-36-3)24(23(34)35,19(30)13-25)20(31)17(27)12-15-7-5-4-6-8-15/h4-8,14,16-18H,9-13,25-28H2,1-3H3,(H,34,35). The predicted molar refractivity (Wildman–Crippen MR) is 138 cm³/mol. The summed E-state index contributed by atoms with van der Waals surface area (Å²) in [5.41, 5.74) is 20.9. The Morgan fingerprint density at radius 1 is 0.972 bits per heavy atom. The second-order valence-electron chi connectivity index (χ2n) is 8.94. The van der Waals surface area contributed by atoms with Crippen LogP contribution in [0.3, 0.4) is 0 Å². The summed E-state index contributed by atoms with van der Waals surface area (Å²) in [4.78, 5) is 66.8. The van der Waals surface area contributed by atoms with E-state index in [1.165, 1.54) is 11.8 Å². The summed E-state index contributed by atoms with van der Waals surface area (Å²) in [7, 11) is 0. The maximum Gasteiger partial charge on any atom is 0.346 e. The van der Waals surface area contributed by atoms with Gasteiger partial charge in [0, 0.05) is 0 Å². The lowest BCUT2D eigenvalue weighted by atomic mass is 9.80. The van der Waals surface area contributed by atoms with Crippen molar-refractivity contribution in [2.24, 2.45) is 28.9 Å². The van der Waals surface area contributed by atoms with E-state index in [1.807, 2.05) is 0 Å². The molecule has 36 heavy (non-hydrogen) atoms. The van der Waals surface area contributed by atoms with E-state index in [-0.39, 0.29) is 30.1 Å². The zero-order valence-electron chi connectivity index (χ0n) is 20.9. The normalized spacial score (nSPS) is 15.4. The van der Waals surface area contributed by atoms with Gasteiger partial charge in [-0.3, -0.25) is 19.2 Å². The maximum absolute atomic E-state index is 13.7. The smallest absolute Gasteiger partial charge is 0.346 e. The lowest BCUT2D eigenvalue weighted by Gasteiger charge is -2.40. The van der Waals surface area contributed by atoms with E-state index < -0.39 is 59.6 Å². The van der Waals surface area contributed by atoms with Crippen molar-refractivity contribution in [2.75, 3.05) is 18.6 Å². The Hall–Kier alpha value is -2.64. The molecule has 1 aromatic carbocycles. The van der Waals surface area contributed by atoms with Crippen molar-refractivity contribution in [2.45, 2.75) is 56.8 Å². The molecule has 200 valence electrons. The topological polar surface area (TPSA) is 213 Å². The van der Waals surface area contributed by atoms with E-state index in [9.17, 15) is 29.1 Å². The maximum atomic E-state index is 13.7. The van der Waals surface area contributed by atoms with E-state index in [1.54, 1.807) is 50.4 Å². The van der Waals surface area contributed by atoms with Crippen LogP contribution in [0.1, 0.15) is 32.3 Å². The Morgan fingerprint density at radius 2 is 1.53 bits per heavy atom. The SMILES string of the molecule is CSCCC(N)C(=O)N(C(=O)C(N)CC(C)C)C(C(=O)O)(C(=O)CN)C(=O)C(N)Cc1ccccc1. The number of ketones is 2. The zero-order chi connectivity index (χ0) is 27.6. The molecule has 0 heterocycles. The number of amides is 2. The largest absolute Gasteiger partial charge is 0.479 e. The number of carbonyl (C=O) groups is 5. The highest BCUT2D eigenvalue weighted by Crippen LogP contribution is 2.26. The third-order valence-electron chi connectivity index (χ3n) is 5.66. The molecule has 1 rings (SSSR count). The Kier molecular flexibility index (Phi) is 12.4. The van der Waals surface area contributed by atoms with Crippen LogP contribution in [0.2, 0.25) is 0 Å². The third kappa shape index (κ3) is 7.20. The van der Waals surface area contributed by atoms with Gasteiger partial charge in [0.1, 0.15) is 0 Å². The highest BCUT2D eigenvalue weighted by Gasteiger charge is 2.62. The minimum Gasteiger partial charge on any atom is -0.479 e. The number of rotatable bonds is 15. The minimum atomic E-state index is -3.32. The van der Waals surface area contributed by atoms with E-state index in [0.29, 0.717) is 11.3 Å². The molecule has 0 saturated heterocycles. The number of carbonyl (C=O) groups excluding carboxylic acids is 4. The van der Waals surface area contributed by atoms with Gasteiger partial charge in [-0.25, -0.2) is 9.69 Å². The summed E-state index contributed by atoms with van der Waals surface area (Å²) >= 11 is 1.37.